The highest BCUT2D eigenvalue weighted by atomic mass is 16.3. The van der Waals surface area contributed by atoms with Gasteiger partial charge in [-0.3, -0.25) is 9.69 Å². The lowest BCUT2D eigenvalue weighted by atomic mass is 9.95. The number of anilines is 4. The van der Waals surface area contributed by atoms with E-state index in [4.69, 9.17) is 0 Å². The average molecular weight is 521 g/mol. The molecule has 3 amide bonds. The Hall–Kier alpha value is -3.70. The zero-order chi connectivity index (χ0) is 26.8. The number of piperazine rings is 1. The maximum Gasteiger partial charge on any atom is 0.325 e. The number of amides is 3. The van der Waals surface area contributed by atoms with Gasteiger partial charge in [0.05, 0.1) is 19.2 Å². The fourth-order valence-electron chi connectivity index (χ4n) is 5.52. The van der Waals surface area contributed by atoms with Crippen LogP contribution in [-0.4, -0.2) is 107 Å². The number of hydrogen-bond donors (Lipinski definition) is 2. The largest absolute Gasteiger partial charge is 0.394 e. The Bertz CT molecular complexity index is 1180. The smallest absolute Gasteiger partial charge is 0.325 e. The second-order valence-electron chi connectivity index (χ2n) is 10.2. The van der Waals surface area contributed by atoms with Gasteiger partial charge in [-0.2, -0.15) is 4.98 Å². The molecular weight excluding hydrogens is 484 g/mol. The van der Waals surface area contributed by atoms with Crippen LogP contribution in [-0.2, 0) is 11.3 Å². The van der Waals surface area contributed by atoms with Crippen molar-refractivity contribution in [3.8, 4) is 0 Å². The molecular formula is C27H36N8O3. The molecule has 2 fully saturated rings. The van der Waals surface area contributed by atoms with E-state index in [-0.39, 0.29) is 30.6 Å². The molecule has 2 atom stereocenters. The van der Waals surface area contributed by atoms with Gasteiger partial charge in [-0.1, -0.05) is 6.58 Å². The normalized spacial score (nSPS) is 22.3. The molecule has 2 aromatic rings. The van der Waals surface area contributed by atoms with Crippen LogP contribution in [0.15, 0.2) is 43.1 Å². The molecule has 0 saturated carbocycles. The molecule has 1 aromatic carbocycles. The monoisotopic (exact) mass is 520 g/mol. The molecule has 0 bridgehead atoms. The van der Waals surface area contributed by atoms with E-state index in [1.807, 2.05) is 12.1 Å². The van der Waals surface area contributed by atoms with Gasteiger partial charge in [0.1, 0.15) is 5.82 Å². The molecule has 11 heteroatoms. The highest BCUT2D eigenvalue weighted by Gasteiger charge is 2.39. The van der Waals surface area contributed by atoms with E-state index in [2.05, 4.69) is 50.8 Å². The summed E-state index contributed by atoms with van der Waals surface area (Å²) in [5.41, 5.74) is 2.93. The van der Waals surface area contributed by atoms with Gasteiger partial charge in [-0.15, -0.1) is 0 Å². The van der Waals surface area contributed by atoms with E-state index in [0.29, 0.717) is 37.7 Å². The molecule has 0 radical (unpaired) electrons. The Balaban J connectivity index is 1.26. The maximum atomic E-state index is 13.3. The molecule has 1 aromatic heterocycles. The third-order valence-corrected chi connectivity index (χ3v) is 7.82. The number of carbonyl (C=O) groups excluding carboxylic acids is 2. The molecule has 2 saturated heterocycles. The van der Waals surface area contributed by atoms with Crippen LogP contribution in [0, 0.1) is 0 Å². The number of nitrogens with zero attached hydrogens (tertiary/aromatic N) is 7. The third kappa shape index (κ3) is 5.16. The van der Waals surface area contributed by atoms with Crippen LogP contribution in [0.25, 0.3) is 0 Å². The SMILES string of the molecule is C=CC(=O)N1CC[C@H](N2Cc3cnc(Nc4ccc(N5CCN(C)CC5)cc4)nc3N(C)C2=O)C[C@@H]1CO. The molecule has 0 aliphatic carbocycles. The Morgan fingerprint density at radius 2 is 1.89 bits per heavy atom. The van der Waals surface area contributed by atoms with Crippen LogP contribution < -0.4 is 15.1 Å². The number of nitrogens with one attached hydrogen (secondary N) is 1. The van der Waals surface area contributed by atoms with Crippen LogP contribution in [0.2, 0.25) is 0 Å². The number of aliphatic hydroxyl groups excluding tert-OH is 1. The fourth-order valence-corrected chi connectivity index (χ4v) is 5.52. The number of fused-ring (bicyclic) bond motifs is 1. The molecule has 3 aliphatic heterocycles. The summed E-state index contributed by atoms with van der Waals surface area (Å²) in [4.78, 5) is 44.4. The highest BCUT2D eigenvalue weighted by Crippen LogP contribution is 2.32. The predicted octanol–water partition coefficient (Wildman–Crippen LogP) is 1.88. The first kappa shape index (κ1) is 25.9. The molecule has 0 spiro atoms. The number of aliphatic hydroxyl groups is 1. The minimum Gasteiger partial charge on any atom is -0.394 e. The number of likely N-dealkylation sites (N-methyl/N-ethyl adjacent to an activating group) is 1. The number of benzene rings is 1. The van der Waals surface area contributed by atoms with Gasteiger partial charge in [-0.05, 0) is 50.2 Å². The zero-order valence-electron chi connectivity index (χ0n) is 22.1. The predicted molar refractivity (Wildman–Crippen MR) is 147 cm³/mol. The molecule has 3 aliphatic rings. The van der Waals surface area contributed by atoms with Crippen LogP contribution in [0.5, 0.6) is 0 Å². The fraction of sp³-hybridized carbons (Fsp3) is 0.481. The molecule has 2 N–H and O–H groups in total. The average Bonchev–Trinajstić information content (AvgIpc) is 2.95. The van der Waals surface area contributed by atoms with Gasteiger partial charge in [0.25, 0.3) is 0 Å². The molecule has 5 rings (SSSR count). The van der Waals surface area contributed by atoms with Gasteiger partial charge >= 0.3 is 6.03 Å². The Labute approximate surface area is 223 Å². The summed E-state index contributed by atoms with van der Waals surface area (Å²) in [6, 6.07) is 7.66. The molecule has 11 nitrogen and oxygen atoms in total. The number of aromatic nitrogens is 2. The summed E-state index contributed by atoms with van der Waals surface area (Å²) >= 11 is 0. The standard InChI is InChI=1S/C27H36N8O3/c1-4-24(37)34-10-9-22(15-23(34)18-36)35-17-19-16-28-26(30-25(19)32(3)27(35)38)29-20-5-7-21(8-6-20)33-13-11-31(2)12-14-33/h4-8,16,22-23,36H,1,9-15,17-18H2,2-3H3,(H,28,29,30)/t22-,23+/m0/s1. The number of urea groups is 1. The topological polar surface area (TPSA) is 108 Å². The van der Waals surface area contributed by atoms with Crippen LogP contribution in [0.3, 0.4) is 0 Å². The van der Waals surface area contributed by atoms with E-state index in [9.17, 15) is 14.7 Å². The Kier molecular flexibility index (Phi) is 7.48. The van der Waals surface area contributed by atoms with E-state index in [0.717, 1.165) is 37.4 Å². The van der Waals surface area contributed by atoms with Crippen molar-refractivity contribution < 1.29 is 14.7 Å². The summed E-state index contributed by atoms with van der Waals surface area (Å²) in [5.74, 6) is 0.814. The van der Waals surface area contributed by atoms with Gasteiger partial charge in [0.2, 0.25) is 11.9 Å². The summed E-state index contributed by atoms with van der Waals surface area (Å²) in [5, 5.41) is 13.1. The Morgan fingerprint density at radius 3 is 2.58 bits per heavy atom. The first-order valence-electron chi connectivity index (χ1n) is 13.1. The lowest BCUT2D eigenvalue weighted by Crippen LogP contribution is -2.57. The van der Waals surface area contributed by atoms with Crippen molar-refractivity contribution in [3.05, 3.63) is 48.7 Å². The van der Waals surface area contributed by atoms with Crippen molar-refractivity contribution in [2.24, 2.45) is 0 Å². The second-order valence-corrected chi connectivity index (χ2v) is 10.2. The maximum absolute atomic E-state index is 13.3. The van der Waals surface area contributed by atoms with E-state index in [1.54, 1.807) is 27.9 Å². The number of piperidine rings is 1. The van der Waals surface area contributed by atoms with Crippen molar-refractivity contribution in [1.82, 2.24) is 24.7 Å². The van der Waals surface area contributed by atoms with Crippen molar-refractivity contribution in [1.29, 1.82) is 0 Å². The lowest BCUT2D eigenvalue weighted by molar-refractivity contribution is -0.131. The first-order valence-corrected chi connectivity index (χ1v) is 13.1. The Morgan fingerprint density at radius 1 is 1.16 bits per heavy atom. The van der Waals surface area contributed by atoms with Crippen molar-refractivity contribution >= 4 is 35.1 Å². The quantitative estimate of drug-likeness (QED) is 0.556. The minimum atomic E-state index is -0.343. The van der Waals surface area contributed by atoms with Crippen LogP contribution in [0.4, 0.5) is 27.9 Å². The number of rotatable bonds is 6. The molecule has 0 unspecified atom stereocenters. The van der Waals surface area contributed by atoms with Crippen molar-refractivity contribution in [2.75, 3.05) is 68.5 Å². The minimum absolute atomic E-state index is 0.0965. The summed E-state index contributed by atoms with van der Waals surface area (Å²) in [7, 11) is 3.87. The van der Waals surface area contributed by atoms with Crippen molar-refractivity contribution in [3.63, 3.8) is 0 Å². The molecule has 202 valence electrons. The number of carbonyl (C=O) groups is 2. The highest BCUT2D eigenvalue weighted by molar-refractivity contribution is 5.93. The van der Waals surface area contributed by atoms with Gasteiger partial charge in [0, 0.05) is 68.9 Å². The summed E-state index contributed by atoms with van der Waals surface area (Å²) < 4.78 is 0. The van der Waals surface area contributed by atoms with Gasteiger partial charge < -0.3 is 30.0 Å². The van der Waals surface area contributed by atoms with E-state index >= 15 is 0 Å². The molecule has 38 heavy (non-hydrogen) atoms. The third-order valence-electron chi connectivity index (χ3n) is 7.82. The van der Waals surface area contributed by atoms with E-state index < -0.39 is 0 Å². The second kappa shape index (κ2) is 11.0. The van der Waals surface area contributed by atoms with Gasteiger partial charge in [-0.25, -0.2) is 9.78 Å². The van der Waals surface area contributed by atoms with Gasteiger partial charge in [0.15, 0.2) is 0 Å². The van der Waals surface area contributed by atoms with Crippen LogP contribution >= 0.6 is 0 Å². The number of likely N-dealkylation sites (tertiary alicyclic amines) is 1. The summed E-state index contributed by atoms with van der Waals surface area (Å²) in [6.07, 6.45) is 4.17. The lowest BCUT2D eigenvalue weighted by Gasteiger charge is -2.45. The van der Waals surface area contributed by atoms with E-state index in [1.165, 1.54) is 11.8 Å². The molecule has 4 heterocycles. The number of hydrogen-bond acceptors (Lipinski definition) is 8. The van der Waals surface area contributed by atoms with Crippen LogP contribution in [0.1, 0.15) is 18.4 Å². The summed E-state index contributed by atoms with van der Waals surface area (Å²) in [6.45, 7) is 8.40. The zero-order valence-corrected chi connectivity index (χ0v) is 22.1. The first-order chi connectivity index (χ1) is 18.4. The van der Waals surface area contributed by atoms with Crippen molar-refractivity contribution in [2.45, 2.75) is 31.5 Å².